The van der Waals surface area contributed by atoms with E-state index in [2.05, 4.69) is 32.9 Å². The number of nitrogens with one attached hydrogen (secondary N) is 1. The molecule has 0 aliphatic rings. The number of nitrogens with zero attached hydrogens (tertiary/aromatic N) is 3. The van der Waals surface area contributed by atoms with Gasteiger partial charge in [-0.2, -0.15) is 5.10 Å². The molecule has 0 saturated carbocycles. The molecule has 0 amide bonds. The largest absolute Gasteiger partial charge is 0.387 e. The highest BCUT2D eigenvalue weighted by Crippen LogP contribution is 2.22. The second kappa shape index (κ2) is 6.33. The zero-order chi connectivity index (χ0) is 13.9. The van der Waals surface area contributed by atoms with E-state index in [4.69, 9.17) is 11.1 Å². The summed E-state index contributed by atoms with van der Waals surface area (Å²) >= 11 is 3.61. The predicted molar refractivity (Wildman–Crippen MR) is 77.7 cm³/mol. The van der Waals surface area contributed by atoms with Gasteiger partial charge in [0.2, 0.25) is 0 Å². The molecule has 0 radical (unpaired) electrons. The van der Waals surface area contributed by atoms with Gasteiger partial charge in [-0.1, -0.05) is 13.8 Å². The van der Waals surface area contributed by atoms with Crippen molar-refractivity contribution in [2.24, 2.45) is 18.7 Å². The van der Waals surface area contributed by atoms with Crippen molar-refractivity contribution in [1.82, 2.24) is 14.7 Å². The molecular formula is C12H22BrN5. The molecule has 0 spiro atoms. The maximum Gasteiger partial charge on any atom is 0.0947 e. The lowest BCUT2D eigenvalue weighted by molar-refractivity contribution is 0.297. The van der Waals surface area contributed by atoms with E-state index in [-0.39, 0.29) is 11.8 Å². The fourth-order valence-corrected chi connectivity index (χ4v) is 2.62. The van der Waals surface area contributed by atoms with Crippen molar-refractivity contribution < 1.29 is 0 Å². The second-order valence-electron chi connectivity index (χ2n) is 4.74. The van der Waals surface area contributed by atoms with E-state index >= 15 is 0 Å². The van der Waals surface area contributed by atoms with E-state index in [0.29, 0.717) is 0 Å². The molecule has 1 aromatic rings. The summed E-state index contributed by atoms with van der Waals surface area (Å²) in [6.45, 7) is 5.63. The van der Waals surface area contributed by atoms with Gasteiger partial charge in [-0.05, 0) is 29.4 Å². The number of rotatable bonds is 6. The first-order chi connectivity index (χ1) is 8.36. The molecule has 0 saturated heterocycles. The molecule has 0 fully saturated rings. The van der Waals surface area contributed by atoms with Crippen LogP contribution in [0.4, 0.5) is 0 Å². The Balaban J connectivity index is 2.73. The van der Waals surface area contributed by atoms with Gasteiger partial charge in [0.05, 0.1) is 21.7 Å². The predicted octanol–water partition coefficient (Wildman–Crippen LogP) is 1.75. The van der Waals surface area contributed by atoms with E-state index in [0.717, 1.165) is 35.4 Å². The van der Waals surface area contributed by atoms with Crippen molar-refractivity contribution in [2.75, 3.05) is 13.6 Å². The second-order valence-corrected chi connectivity index (χ2v) is 5.53. The van der Waals surface area contributed by atoms with E-state index in [1.165, 1.54) is 0 Å². The Kier molecular flexibility index (Phi) is 5.34. The number of amidine groups is 1. The summed E-state index contributed by atoms with van der Waals surface area (Å²) in [5.74, 6) is 0.313. The molecule has 1 heterocycles. The molecule has 6 heteroatoms. The van der Waals surface area contributed by atoms with Gasteiger partial charge in [0.25, 0.3) is 0 Å². The van der Waals surface area contributed by atoms with Gasteiger partial charge >= 0.3 is 0 Å². The average molecular weight is 316 g/mol. The first kappa shape index (κ1) is 15.2. The molecule has 1 atom stereocenters. The molecule has 3 N–H and O–H groups in total. The van der Waals surface area contributed by atoms with Crippen LogP contribution in [0.1, 0.15) is 25.2 Å². The van der Waals surface area contributed by atoms with Crippen molar-refractivity contribution >= 4 is 21.8 Å². The van der Waals surface area contributed by atoms with E-state index in [1.54, 1.807) is 0 Å². The fourth-order valence-electron chi connectivity index (χ4n) is 1.88. The Morgan fingerprint density at radius 3 is 2.67 bits per heavy atom. The van der Waals surface area contributed by atoms with Crippen LogP contribution in [0, 0.1) is 11.3 Å². The number of halogens is 1. The Morgan fingerprint density at radius 1 is 1.61 bits per heavy atom. The van der Waals surface area contributed by atoms with Crippen molar-refractivity contribution in [3.05, 3.63) is 15.9 Å². The van der Waals surface area contributed by atoms with E-state index < -0.39 is 0 Å². The standard InChI is InChI=1S/C12H22BrN5/c1-5-9-11(13)10(18(4)16-9)7-17(3)6-8(2)12(14)15/h8H,5-7H2,1-4H3,(H3,14,15). The van der Waals surface area contributed by atoms with Crippen LogP contribution in [0.3, 0.4) is 0 Å². The number of nitrogens with two attached hydrogens (primary N) is 1. The summed E-state index contributed by atoms with van der Waals surface area (Å²) in [6, 6.07) is 0. The molecule has 1 aromatic heterocycles. The van der Waals surface area contributed by atoms with E-state index in [9.17, 15) is 0 Å². The lowest BCUT2D eigenvalue weighted by Gasteiger charge is -2.20. The highest BCUT2D eigenvalue weighted by molar-refractivity contribution is 9.10. The van der Waals surface area contributed by atoms with Crippen LogP contribution in [0.2, 0.25) is 0 Å². The first-order valence-electron chi connectivity index (χ1n) is 6.09. The molecule has 0 bridgehead atoms. The molecule has 0 aromatic carbocycles. The fraction of sp³-hybridized carbons (Fsp3) is 0.667. The van der Waals surface area contributed by atoms with Crippen LogP contribution < -0.4 is 5.73 Å². The van der Waals surface area contributed by atoms with Crippen LogP contribution in [0.15, 0.2) is 4.47 Å². The number of hydrogen-bond donors (Lipinski definition) is 2. The maximum atomic E-state index is 7.42. The van der Waals surface area contributed by atoms with Gasteiger partial charge in [0, 0.05) is 26.1 Å². The van der Waals surface area contributed by atoms with Gasteiger partial charge in [-0.25, -0.2) is 0 Å². The van der Waals surface area contributed by atoms with Crippen LogP contribution in [0.25, 0.3) is 0 Å². The van der Waals surface area contributed by atoms with Crippen molar-refractivity contribution in [3.8, 4) is 0 Å². The third-order valence-electron chi connectivity index (χ3n) is 3.04. The zero-order valence-corrected chi connectivity index (χ0v) is 13.1. The summed E-state index contributed by atoms with van der Waals surface area (Å²) in [5, 5.41) is 11.9. The van der Waals surface area contributed by atoms with Crippen LogP contribution in [0.5, 0.6) is 0 Å². The highest BCUT2D eigenvalue weighted by Gasteiger charge is 2.16. The summed E-state index contributed by atoms with van der Waals surface area (Å²) in [7, 11) is 3.99. The van der Waals surface area contributed by atoms with Crippen LogP contribution in [-0.2, 0) is 20.0 Å². The van der Waals surface area contributed by atoms with Crippen molar-refractivity contribution in [2.45, 2.75) is 26.8 Å². The maximum absolute atomic E-state index is 7.42. The lowest BCUT2D eigenvalue weighted by atomic mass is 10.1. The molecule has 0 aliphatic carbocycles. The van der Waals surface area contributed by atoms with Gasteiger partial charge < -0.3 is 5.73 Å². The molecule has 18 heavy (non-hydrogen) atoms. The van der Waals surface area contributed by atoms with Crippen LogP contribution in [-0.4, -0.2) is 34.1 Å². The number of aryl methyl sites for hydroxylation is 2. The SMILES string of the molecule is CCc1nn(C)c(CN(C)CC(C)C(=N)N)c1Br. The monoisotopic (exact) mass is 315 g/mol. The lowest BCUT2D eigenvalue weighted by Crippen LogP contribution is -2.32. The topological polar surface area (TPSA) is 70.9 Å². The molecule has 102 valence electrons. The van der Waals surface area contributed by atoms with E-state index in [1.807, 2.05) is 25.7 Å². The minimum atomic E-state index is 0.0765. The summed E-state index contributed by atoms with van der Waals surface area (Å²) in [5.41, 5.74) is 7.73. The first-order valence-corrected chi connectivity index (χ1v) is 6.88. The third kappa shape index (κ3) is 3.55. The van der Waals surface area contributed by atoms with Crippen molar-refractivity contribution in [3.63, 3.8) is 0 Å². The normalized spacial score (nSPS) is 13.0. The summed E-state index contributed by atoms with van der Waals surface area (Å²) < 4.78 is 3.01. The van der Waals surface area contributed by atoms with Crippen molar-refractivity contribution in [1.29, 1.82) is 5.41 Å². The number of aromatic nitrogens is 2. The summed E-state index contributed by atoms with van der Waals surface area (Å²) in [6.07, 6.45) is 0.919. The smallest absolute Gasteiger partial charge is 0.0947 e. The zero-order valence-electron chi connectivity index (χ0n) is 11.5. The minimum absolute atomic E-state index is 0.0765. The highest BCUT2D eigenvalue weighted by atomic mass is 79.9. The van der Waals surface area contributed by atoms with Gasteiger partial charge in [-0.3, -0.25) is 15.0 Å². The Labute approximate surface area is 117 Å². The quantitative estimate of drug-likeness (QED) is 0.620. The molecule has 1 rings (SSSR count). The van der Waals surface area contributed by atoms with Crippen LogP contribution >= 0.6 is 15.9 Å². The van der Waals surface area contributed by atoms with Gasteiger partial charge in [0.1, 0.15) is 0 Å². The molecule has 5 nitrogen and oxygen atoms in total. The molecular weight excluding hydrogens is 294 g/mol. The summed E-state index contributed by atoms with van der Waals surface area (Å²) in [4.78, 5) is 2.16. The van der Waals surface area contributed by atoms with Gasteiger partial charge in [0.15, 0.2) is 0 Å². The molecule has 0 aliphatic heterocycles. The Bertz CT molecular complexity index is 426. The Hall–Kier alpha value is -0.880. The average Bonchev–Trinajstić information content (AvgIpc) is 2.56. The minimum Gasteiger partial charge on any atom is -0.387 e. The number of hydrogen-bond acceptors (Lipinski definition) is 3. The Morgan fingerprint density at radius 2 is 2.22 bits per heavy atom. The van der Waals surface area contributed by atoms with Gasteiger partial charge in [-0.15, -0.1) is 0 Å². The third-order valence-corrected chi connectivity index (χ3v) is 3.95. The molecule has 1 unspecified atom stereocenters.